The van der Waals surface area contributed by atoms with Crippen LogP contribution in [0.15, 0.2) is 127 Å². The van der Waals surface area contributed by atoms with E-state index in [4.69, 9.17) is 0 Å². The van der Waals surface area contributed by atoms with Crippen molar-refractivity contribution >= 4 is 17.1 Å². The Morgan fingerprint density at radius 2 is 0.949 bits per heavy atom. The predicted molar refractivity (Wildman–Crippen MR) is 247 cm³/mol. The van der Waals surface area contributed by atoms with E-state index in [-0.39, 0.29) is 10.8 Å². The fourth-order valence-electron chi connectivity index (χ4n) is 14.2. The third-order valence-electron chi connectivity index (χ3n) is 16.8. The van der Waals surface area contributed by atoms with Gasteiger partial charge in [0.05, 0.1) is 0 Å². The summed E-state index contributed by atoms with van der Waals surface area (Å²) in [5.41, 5.74) is 21.0. The molecule has 0 amide bonds. The van der Waals surface area contributed by atoms with Crippen molar-refractivity contribution in [2.75, 3.05) is 4.90 Å². The lowest BCUT2D eigenvalue weighted by molar-refractivity contribution is -0.00518. The zero-order valence-electron chi connectivity index (χ0n) is 35.7. The smallest absolute Gasteiger partial charge is 0.0465 e. The highest BCUT2D eigenvalue weighted by Gasteiger charge is 2.51. The molecule has 13 rings (SSSR count). The Balaban J connectivity index is 0.921. The highest BCUT2D eigenvalue weighted by molar-refractivity contribution is 5.89. The van der Waals surface area contributed by atoms with E-state index in [2.05, 4.69) is 160 Å². The van der Waals surface area contributed by atoms with Gasteiger partial charge in [-0.3, -0.25) is 0 Å². The summed E-state index contributed by atoms with van der Waals surface area (Å²) < 4.78 is 0. The molecule has 0 atom stereocenters. The summed E-state index contributed by atoms with van der Waals surface area (Å²) in [5.74, 6) is 3.56. The van der Waals surface area contributed by atoms with E-state index in [1.807, 2.05) is 0 Å². The standard InChI is InChI=1S/C58H59N/c1-56(2)52-13-9-8-12-48(52)50-31-42(16-26-53(50)56)43-17-27-54-51(32-43)49-25-24-47(33-55(49)57(54,3)4)59(45-20-14-41(15-21-45)40-10-6-5-7-11-40)46-22-18-44(19-23-46)58-34-37-28-38(35-58)30-39(29-37)36-58/h8-9,12-27,31-33,37-40H,5-7,10-11,28-30,34-36H2,1-4H3. The van der Waals surface area contributed by atoms with Crippen LogP contribution >= 0.6 is 0 Å². The van der Waals surface area contributed by atoms with Crippen LogP contribution in [-0.2, 0) is 16.2 Å². The summed E-state index contributed by atoms with van der Waals surface area (Å²) in [6.07, 6.45) is 15.5. The van der Waals surface area contributed by atoms with Gasteiger partial charge in [-0.15, -0.1) is 0 Å². The first-order valence-electron chi connectivity index (χ1n) is 23.2. The van der Waals surface area contributed by atoms with Gasteiger partial charge in [-0.05, 0) is 196 Å². The summed E-state index contributed by atoms with van der Waals surface area (Å²) in [6.45, 7) is 9.59. The molecular formula is C58H59N. The first-order valence-corrected chi connectivity index (χ1v) is 23.2. The molecule has 0 unspecified atom stereocenters. The SMILES string of the molecule is CC1(C)c2ccccc2-c2cc(-c3ccc4c(c3)-c3ccc(N(c5ccc(C6CCCCC6)cc5)c5ccc(C67CC8CC(CC(C8)C6)C7)cc5)cc3C4(C)C)ccc21. The maximum Gasteiger partial charge on any atom is 0.0465 e. The van der Waals surface area contributed by atoms with Gasteiger partial charge in [0.15, 0.2) is 0 Å². The van der Waals surface area contributed by atoms with Crippen LogP contribution in [0.2, 0.25) is 0 Å². The van der Waals surface area contributed by atoms with Crippen molar-refractivity contribution in [1.29, 1.82) is 0 Å². The topological polar surface area (TPSA) is 3.24 Å². The van der Waals surface area contributed by atoms with Crippen molar-refractivity contribution in [2.24, 2.45) is 17.8 Å². The Labute approximate surface area is 352 Å². The molecule has 0 aromatic heterocycles. The Morgan fingerprint density at radius 1 is 0.441 bits per heavy atom. The minimum atomic E-state index is -0.112. The molecule has 6 aromatic carbocycles. The van der Waals surface area contributed by atoms with Gasteiger partial charge in [0.25, 0.3) is 0 Å². The summed E-state index contributed by atoms with van der Waals surface area (Å²) in [6, 6.07) is 50.4. The minimum Gasteiger partial charge on any atom is -0.310 e. The third-order valence-corrected chi connectivity index (χ3v) is 16.8. The van der Waals surface area contributed by atoms with E-state index in [0.717, 1.165) is 17.8 Å². The zero-order chi connectivity index (χ0) is 39.7. The molecule has 0 aliphatic heterocycles. The molecule has 7 aliphatic rings. The first kappa shape index (κ1) is 36.0. The molecular weight excluding hydrogens is 711 g/mol. The third kappa shape index (κ3) is 5.55. The van der Waals surface area contributed by atoms with Gasteiger partial charge in [-0.25, -0.2) is 0 Å². The molecule has 59 heavy (non-hydrogen) atoms. The van der Waals surface area contributed by atoms with Crippen LogP contribution in [0.5, 0.6) is 0 Å². The lowest BCUT2D eigenvalue weighted by Crippen LogP contribution is -2.48. The molecule has 4 bridgehead atoms. The summed E-state index contributed by atoms with van der Waals surface area (Å²) >= 11 is 0. The molecule has 6 aromatic rings. The van der Waals surface area contributed by atoms with Gasteiger partial charge >= 0.3 is 0 Å². The summed E-state index contributed by atoms with van der Waals surface area (Å²) in [4.78, 5) is 2.54. The van der Waals surface area contributed by atoms with Crippen molar-refractivity contribution < 1.29 is 0 Å². The van der Waals surface area contributed by atoms with Crippen LogP contribution in [0.25, 0.3) is 33.4 Å². The van der Waals surface area contributed by atoms with Crippen LogP contribution in [-0.4, -0.2) is 0 Å². The quantitative estimate of drug-likeness (QED) is 0.163. The van der Waals surface area contributed by atoms with Gasteiger partial charge in [0.1, 0.15) is 0 Å². The van der Waals surface area contributed by atoms with Gasteiger partial charge in [0.2, 0.25) is 0 Å². The molecule has 1 nitrogen and oxygen atoms in total. The second-order valence-electron chi connectivity index (χ2n) is 21.1. The van der Waals surface area contributed by atoms with Crippen LogP contribution in [0.3, 0.4) is 0 Å². The largest absolute Gasteiger partial charge is 0.310 e. The fraction of sp³-hybridized carbons (Fsp3) is 0.379. The number of hydrogen-bond donors (Lipinski definition) is 0. The molecule has 5 saturated carbocycles. The Bertz CT molecular complexity index is 2580. The van der Waals surface area contributed by atoms with E-state index >= 15 is 0 Å². The van der Waals surface area contributed by atoms with Crippen LogP contribution in [0.1, 0.15) is 138 Å². The Hall–Kier alpha value is -4.88. The number of fused-ring (bicyclic) bond motifs is 6. The molecule has 0 heterocycles. The van der Waals surface area contributed by atoms with Gasteiger partial charge in [-0.2, -0.15) is 0 Å². The fourth-order valence-corrected chi connectivity index (χ4v) is 14.2. The number of hydrogen-bond acceptors (Lipinski definition) is 1. The van der Waals surface area contributed by atoms with E-state index in [1.165, 1.54) is 149 Å². The number of nitrogens with zero attached hydrogens (tertiary/aromatic N) is 1. The van der Waals surface area contributed by atoms with E-state index in [9.17, 15) is 0 Å². The van der Waals surface area contributed by atoms with Gasteiger partial charge in [-0.1, -0.05) is 126 Å². The highest BCUT2D eigenvalue weighted by atomic mass is 15.1. The molecule has 0 saturated heterocycles. The van der Waals surface area contributed by atoms with Crippen molar-refractivity contribution in [1.82, 2.24) is 0 Å². The average Bonchev–Trinajstić information content (AvgIpc) is 3.62. The molecule has 1 heteroatoms. The van der Waals surface area contributed by atoms with Crippen molar-refractivity contribution in [2.45, 2.75) is 120 Å². The average molecular weight is 770 g/mol. The molecule has 0 spiro atoms. The monoisotopic (exact) mass is 769 g/mol. The molecule has 0 radical (unpaired) electrons. The van der Waals surface area contributed by atoms with Crippen LogP contribution in [0.4, 0.5) is 17.1 Å². The maximum absolute atomic E-state index is 2.54. The summed E-state index contributed by atoms with van der Waals surface area (Å²) in [5, 5.41) is 0. The Kier molecular flexibility index (Phi) is 7.97. The van der Waals surface area contributed by atoms with Crippen LogP contribution in [0, 0.1) is 17.8 Å². The number of rotatable bonds is 6. The van der Waals surface area contributed by atoms with Crippen molar-refractivity contribution in [3.63, 3.8) is 0 Å². The van der Waals surface area contributed by atoms with Gasteiger partial charge < -0.3 is 4.90 Å². The van der Waals surface area contributed by atoms with Crippen LogP contribution < -0.4 is 4.90 Å². The molecule has 0 N–H and O–H groups in total. The van der Waals surface area contributed by atoms with Gasteiger partial charge in [0, 0.05) is 27.9 Å². The maximum atomic E-state index is 2.54. The van der Waals surface area contributed by atoms with Crippen molar-refractivity contribution in [3.8, 4) is 33.4 Å². The minimum absolute atomic E-state index is 0.0187. The second-order valence-corrected chi connectivity index (χ2v) is 21.1. The second kappa shape index (κ2) is 13.1. The number of anilines is 3. The normalized spacial score (nSPS) is 25.3. The zero-order valence-corrected chi connectivity index (χ0v) is 35.7. The molecule has 296 valence electrons. The molecule has 7 aliphatic carbocycles. The first-order chi connectivity index (χ1) is 28.6. The summed E-state index contributed by atoms with van der Waals surface area (Å²) in [7, 11) is 0. The highest BCUT2D eigenvalue weighted by Crippen LogP contribution is 2.61. The molecule has 5 fully saturated rings. The lowest BCUT2D eigenvalue weighted by atomic mass is 9.48. The van der Waals surface area contributed by atoms with Crippen molar-refractivity contribution in [3.05, 3.63) is 161 Å². The predicted octanol–water partition coefficient (Wildman–Crippen LogP) is 16.0. The number of benzene rings is 6. The van der Waals surface area contributed by atoms with E-state index in [0.29, 0.717) is 11.3 Å². The lowest BCUT2D eigenvalue weighted by Gasteiger charge is -2.57. The van der Waals surface area contributed by atoms with E-state index in [1.54, 1.807) is 5.56 Å². The van der Waals surface area contributed by atoms with E-state index < -0.39 is 0 Å². The Morgan fingerprint density at radius 3 is 1.56 bits per heavy atom.